The lowest BCUT2D eigenvalue weighted by Crippen LogP contribution is -2.15. The summed E-state index contributed by atoms with van der Waals surface area (Å²) in [6.45, 7) is 4.38. The molecule has 0 bridgehead atoms. The second-order valence-corrected chi connectivity index (χ2v) is 6.83. The number of pyridine rings is 1. The molecule has 0 aromatic carbocycles. The fourth-order valence-electron chi connectivity index (χ4n) is 2.86. The summed E-state index contributed by atoms with van der Waals surface area (Å²) < 4.78 is 28.7. The monoisotopic (exact) mass is 412 g/mol. The van der Waals surface area contributed by atoms with Crippen LogP contribution < -0.4 is 11.1 Å². The first-order chi connectivity index (χ1) is 14.2. The van der Waals surface area contributed by atoms with Crippen LogP contribution in [0.25, 0.3) is 11.1 Å². The molecule has 0 radical (unpaired) electrons. The molecule has 0 saturated heterocycles. The van der Waals surface area contributed by atoms with Crippen LogP contribution in [0, 0.1) is 0 Å². The van der Waals surface area contributed by atoms with E-state index in [2.05, 4.69) is 20.3 Å². The molecule has 0 saturated carbocycles. The Morgan fingerprint density at radius 3 is 2.73 bits per heavy atom. The van der Waals surface area contributed by atoms with Gasteiger partial charge in [0, 0.05) is 36.7 Å². The van der Waals surface area contributed by atoms with Gasteiger partial charge < -0.3 is 15.5 Å². The van der Waals surface area contributed by atoms with Gasteiger partial charge in [0.2, 0.25) is 0 Å². The van der Waals surface area contributed by atoms with Crippen LogP contribution in [0.4, 0.5) is 20.4 Å². The van der Waals surface area contributed by atoms with Gasteiger partial charge in [-0.1, -0.05) is 19.1 Å². The minimum absolute atomic E-state index is 0.0606. The molecule has 0 aliphatic heterocycles. The molecule has 1 amide bonds. The number of nitrogens with one attached hydrogen (secondary N) is 1. The Morgan fingerprint density at radius 1 is 1.27 bits per heavy atom. The predicted octanol–water partition coefficient (Wildman–Crippen LogP) is 4.20. The number of carbonyl (C=O) groups excluding carboxylic acids is 1. The number of hydrogen-bond donors (Lipinski definition) is 2. The SMILES string of the molecule is CC/C(=C\C=C(/C)C(=O)Nc1cc(C(C)(F)F)ccn1)c1ncn2ccnc(N)c12. The zero-order valence-electron chi connectivity index (χ0n) is 16.9. The molecule has 0 atom stereocenters. The number of amides is 1. The van der Waals surface area contributed by atoms with E-state index in [1.807, 2.05) is 6.92 Å². The van der Waals surface area contributed by atoms with Gasteiger partial charge in [-0.05, 0) is 31.1 Å². The number of nitrogens with zero attached hydrogens (tertiary/aromatic N) is 4. The molecule has 0 spiro atoms. The lowest BCUT2D eigenvalue weighted by atomic mass is 10.1. The molecule has 3 N–H and O–H groups in total. The molecule has 0 aliphatic carbocycles. The van der Waals surface area contributed by atoms with Gasteiger partial charge in [-0.2, -0.15) is 0 Å². The standard InChI is InChI=1S/C21H22F2N6O/c1-4-14(17-18-19(24)26-9-10-29(18)12-27-17)6-5-13(2)20(30)28-16-11-15(7-8-25-16)21(3,22)23/h5-12H,4H2,1-3H3,(H2,24,26)(H,25,28,30)/b13-5+,14-6+. The lowest BCUT2D eigenvalue weighted by Gasteiger charge is -2.12. The van der Waals surface area contributed by atoms with E-state index in [1.54, 1.807) is 42.2 Å². The van der Waals surface area contributed by atoms with E-state index in [4.69, 9.17) is 5.73 Å². The first kappa shape index (κ1) is 21.1. The van der Waals surface area contributed by atoms with Crippen molar-refractivity contribution in [2.75, 3.05) is 11.1 Å². The number of allylic oxidation sites excluding steroid dienone is 3. The minimum atomic E-state index is -3.02. The Balaban J connectivity index is 1.83. The van der Waals surface area contributed by atoms with Crippen LogP contribution in [0.3, 0.4) is 0 Å². The van der Waals surface area contributed by atoms with Gasteiger partial charge in [0.05, 0.1) is 5.69 Å². The summed E-state index contributed by atoms with van der Waals surface area (Å²) in [5, 5.41) is 2.54. The number of fused-ring (bicyclic) bond motifs is 1. The van der Waals surface area contributed by atoms with Gasteiger partial charge in [-0.3, -0.25) is 4.79 Å². The summed E-state index contributed by atoms with van der Waals surface area (Å²) in [7, 11) is 0. The van der Waals surface area contributed by atoms with Gasteiger partial charge in [0.25, 0.3) is 11.8 Å². The average molecular weight is 412 g/mol. The van der Waals surface area contributed by atoms with E-state index in [1.165, 1.54) is 12.3 Å². The average Bonchev–Trinajstić information content (AvgIpc) is 3.13. The number of alkyl halides is 2. The Bertz CT molecular complexity index is 1140. The Kier molecular flexibility index (Phi) is 5.91. The molecular weight excluding hydrogens is 390 g/mol. The van der Waals surface area contributed by atoms with Crippen LogP contribution in [0.2, 0.25) is 0 Å². The third kappa shape index (κ3) is 4.51. The van der Waals surface area contributed by atoms with E-state index >= 15 is 0 Å². The van der Waals surface area contributed by atoms with Crippen LogP contribution in [-0.2, 0) is 10.7 Å². The molecule has 3 heterocycles. The maximum atomic E-state index is 13.5. The number of imidazole rings is 1. The molecule has 0 aliphatic rings. The first-order valence-electron chi connectivity index (χ1n) is 9.31. The van der Waals surface area contributed by atoms with Gasteiger partial charge in [0.15, 0.2) is 0 Å². The summed E-state index contributed by atoms with van der Waals surface area (Å²) in [4.78, 5) is 24.9. The molecule has 3 rings (SSSR count). The van der Waals surface area contributed by atoms with Crippen molar-refractivity contribution in [3.05, 3.63) is 66.0 Å². The number of rotatable bonds is 6. The number of carbonyl (C=O) groups is 1. The molecule has 30 heavy (non-hydrogen) atoms. The number of nitrogen functional groups attached to an aromatic ring is 1. The van der Waals surface area contributed by atoms with E-state index in [0.29, 0.717) is 29.0 Å². The fourth-order valence-corrected chi connectivity index (χ4v) is 2.86. The number of hydrogen-bond acceptors (Lipinski definition) is 5. The quantitative estimate of drug-likeness (QED) is 0.467. The van der Waals surface area contributed by atoms with E-state index in [9.17, 15) is 13.6 Å². The van der Waals surface area contributed by atoms with Crippen LogP contribution in [0.5, 0.6) is 0 Å². The molecule has 3 aromatic rings. The number of aromatic nitrogens is 4. The van der Waals surface area contributed by atoms with Crippen LogP contribution in [0.15, 0.2) is 54.8 Å². The van der Waals surface area contributed by atoms with Crippen molar-refractivity contribution in [2.24, 2.45) is 0 Å². The lowest BCUT2D eigenvalue weighted by molar-refractivity contribution is -0.112. The summed E-state index contributed by atoms with van der Waals surface area (Å²) >= 11 is 0. The van der Waals surface area contributed by atoms with Crippen molar-refractivity contribution in [2.45, 2.75) is 33.1 Å². The highest BCUT2D eigenvalue weighted by atomic mass is 19.3. The Morgan fingerprint density at radius 2 is 2.03 bits per heavy atom. The highest BCUT2D eigenvalue weighted by Crippen LogP contribution is 2.28. The highest BCUT2D eigenvalue weighted by Gasteiger charge is 2.24. The minimum Gasteiger partial charge on any atom is -0.382 e. The largest absolute Gasteiger partial charge is 0.382 e. The molecule has 7 nitrogen and oxygen atoms in total. The predicted molar refractivity (Wildman–Crippen MR) is 112 cm³/mol. The van der Waals surface area contributed by atoms with Crippen molar-refractivity contribution in [1.29, 1.82) is 0 Å². The molecule has 0 unspecified atom stereocenters. The van der Waals surface area contributed by atoms with Gasteiger partial charge >= 0.3 is 0 Å². The first-order valence-corrected chi connectivity index (χ1v) is 9.31. The normalized spacial score (nSPS) is 13.0. The van der Waals surface area contributed by atoms with Crippen molar-refractivity contribution in [3.8, 4) is 0 Å². The summed E-state index contributed by atoms with van der Waals surface area (Å²) in [5.41, 5.74) is 8.40. The van der Waals surface area contributed by atoms with Gasteiger partial charge in [-0.15, -0.1) is 0 Å². The van der Waals surface area contributed by atoms with Crippen LogP contribution in [0.1, 0.15) is 38.4 Å². The topological polar surface area (TPSA) is 98.2 Å². The van der Waals surface area contributed by atoms with E-state index in [-0.39, 0.29) is 11.4 Å². The van der Waals surface area contributed by atoms with E-state index in [0.717, 1.165) is 18.6 Å². The molecule has 156 valence electrons. The van der Waals surface area contributed by atoms with Crippen molar-refractivity contribution < 1.29 is 13.6 Å². The van der Waals surface area contributed by atoms with Crippen molar-refractivity contribution in [3.63, 3.8) is 0 Å². The maximum Gasteiger partial charge on any atom is 0.270 e. The summed E-state index contributed by atoms with van der Waals surface area (Å²) in [5.74, 6) is -3.04. The summed E-state index contributed by atoms with van der Waals surface area (Å²) in [6.07, 6.45) is 10.3. The van der Waals surface area contributed by atoms with Crippen LogP contribution in [-0.4, -0.2) is 25.3 Å². The van der Waals surface area contributed by atoms with Crippen LogP contribution >= 0.6 is 0 Å². The zero-order chi connectivity index (χ0) is 21.9. The number of anilines is 2. The van der Waals surface area contributed by atoms with Gasteiger partial charge in [-0.25, -0.2) is 23.7 Å². The molecule has 3 aromatic heterocycles. The molecule has 9 heteroatoms. The second kappa shape index (κ2) is 8.40. The zero-order valence-corrected chi connectivity index (χ0v) is 16.9. The van der Waals surface area contributed by atoms with Gasteiger partial charge in [0.1, 0.15) is 23.5 Å². The smallest absolute Gasteiger partial charge is 0.270 e. The summed E-state index contributed by atoms with van der Waals surface area (Å²) in [6, 6.07) is 2.37. The Labute approximate surface area is 172 Å². The highest BCUT2D eigenvalue weighted by molar-refractivity contribution is 6.03. The fraction of sp³-hybridized carbons (Fsp3) is 0.238. The third-order valence-corrected chi connectivity index (χ3v) is 4.56. The number of halogens is 2. The van der Waals surface area contributed by atoms with Crippen molar-refractivity contribution >= 4 is 28.6 Å². The number of nitrogens with two attached hydrogens (primary N) is 1. The third-order valence-electron chi connectivity index (χ3n) is 4.56. The molecular formula is C21H22F2N6O. The Hall–Kier alpha value is -3.62. The second-order valence-electron chi connectivity index (χ2n) is 6.83. The van der Waals surface area contributed by atoms with E-state index < -0.39 is 11.8 Å². The maximum absolute atomic E-state index is 13.5. The van der Waals surface area contributed by atoms with Crippen molar-refractivity contribution in [1.82, 2.24) is 19.4 Å². The molecule has 0 fully saturated rings.